The van der Waals surface area contributed by atoms with Gasteiger partial charge in [-0.1, -0.05) is 17.7 Å². The van der Waals surface area contributed by atoms with Crippen molar-refractivity contribution < 1.29 is 0 Å². The van der Waals surface area contributed by atoms with Crippen molar-refractivity contribution in [2.24, 2.45) is 5.73 Å². The fraction of sp³-hybridized carbons (Fsp3) is 0.333. The fourth-order valence-corrected chi connectivity index (χ4v) is 3.19. The Bertz CT molecular complexity index is 549. The third-order valence-electron chi connectivity index (χ3n) is 3.51. The van der Waals surface area contributed by atoms with Crippen LogP contribution in [0.4, 0.5) is 5.69 Å². The first-order valence-corrected chi connectivity index (χ1v) is 7.86. The highest BCUT2D eigenvalue weighted by atomic mass is 35.5. The molecule has 3 rings (SSSR count). The van der Waals surface area contributed by atoms with Crippen LogP contribution in [0.15, 0.2) is 35.0 Å². The van der Waals surface area contributed by atoms with Crippen LogP contribution in [0.1, 0.15) is 24.0 Å². The molecule has 2 N–H and O–H groups in total. The van der Waals surface area contributed by atoms with Gasteiger partial charge < -0.3 is 10.6 Å². The molecule has 1 fully saturated rings. The largest absolute Gasteiger partial charge is 0.364 e. The van der Waals surface area contributed by atoms with Crippen LogP contribution < -0.4 is 10.6 Å². The Morgan fingerprint density at radius 1 is 1.32 bits per heavy atom. The lowest BCUT2D eigenvalue weighted by Gasteiger charge is -2.25. The predicted molar refractivity (Wildman–Crippen MR) is 82.9 cm³/mol. The number of thiophene rings is 1. The van der Waals surface area contributed by atoms with E-state index in [1.54, 1.807) is 11.3 Å². The molecule has 0 amide bonds. The topological polar surface area (TPSA) is 29.3 Å². The number of hydrogen-bond acceptors (Lipinski definition) is 3. The van der Waals surface area contributed by atoms with E-state index >= 15 is 0 Å². The van der Waals surface area contributed by atoms with Crippen LogP contribution >= 0.6 is 22.9 Å². The second-order valence-electron chi connectivity index (χ2n) is 4.97. The smallest absolute Gasteiger partial charge is 0.0471 e. The number of benzene rings is 1. The molecule has 1 aromatic heterocycles. The zero-order chi connectivity index (χ0) is 13.2. The first-order chi connectivity index (χ1) is 9.28. The van der Waals surface area contributed by atoms with Crippen LogP contribution in [-0.2, 0) is 13.1 Å². The lowest BCUT2D eigenvalue weighted by Crippen LogP contribution is -2.24. The van der Waals surface area contributed by atoms with E-state index in [0.717, 1.165) is 17.1 Å². The molecule has 0 unspecified atom stereocenters. The van der Waals surface area contributed by atoms with Gasteiger partial charge in [0.15, 0.2) is 0 Å². The molecule has 0 aliphatic heterocycles. The lowest BCUT2D eigenvalue weighted by atomic mass is 10.1. The van der Waals surface area contributed by atoms with Crippen LogP contribution in [0, 0.1) is 0 Å². The average molecular weight is 293 g/mol. The van der Waals surface area contributed by atoms with E-state index in [9.17, 15) is 0 Å². The molecule has 100 valence electrons. The van der Waals surface area contributed by atoms with Crippen molar-refractivity contribution in [3.05, 3.63) is 51.2 Å². The average Bonchev–Trinajstić information content (AvgIpc) is 3.13. The minimum atomic E-state index is 0.493. The Kier molecular flexibility index (Phi) is 3.78. The molecule has 19 heavy (non-hydrogen) atoms. The van der Waals surface area contributed by atoms with E-state index in [4.69, 9.17) is 17.3 Å². The highest BCUT2D eigenvalue weighted by Crippen LogP contribution is 2.35. The zero-order valence-corrected chi connectivity index (χ0v) is 12.3. The molecule has 1 saturated carbocycles. The third-order valence-corrected chi connectivity index (χ3v) is 4.59. The second kappa shape index (κ2) is 5.53. The summed E-state index contributed by atoms with van der Waals surface area (Å²) in [6.45, 7) is 1.46. The number of rotatable bonds is 5. The zero-order valence-electron chi connectivity index (χ0n) is 10.7. The molecule has 1 aromatic carbocycles. The monoisotopic (exact) mass is 292 g/mol. The molecule has 1 aliphatic carbocycles. The number of hydrogen-bond donors (Lipinski definition) is 1. The van der Waals surface area contributed by atoms with Crippen molar-refractivity contribution in [2.45, 2.75) is 32.0 Å². The van der Waals surface area contributed by atoms with Gasteiger partial charge in [0.2, 0.25) is 0 Å². The minimum Gasteiger partial charge on any atom is -0.364 e. The normalized spacial score (nSPS) is 14.6. The predicted octanol–water partition coefficient (Wildman–Crippen LogP) is 4.03. The highest BCUT2D eigenvalue weighted by molar-refractivity contribution is 7.07. The molecule has 0 radical (unpaired) electrons. The third kappa shape index (κ3) is 2.94. The molecule has 0 atom stereocenters. The van der Waals surface area contributed by atoms with Crippen molar-refractivity contribution in [2.75, 3.05) is 4.90 Å². The number of nitrogens with zero attached hydrogens (tertiary/aromatic N) is 1. The second-order valence-corrected chi connectivity index (χ2v) is 6.16. The Morgan fingerprint density at radius 2 is 2.16 bits per heavy atom. The Morgan fingerprint density at radius 3 is 2.74 bits per heavy atom. The van der Waals surface area contributed by atoms with E-state index in [0.29, 0.717) is 12.6 Å². The molecular weight excluding hydrogens is 276 g/mol. The van der Waals surface area contributed by atoms with Gasteiger partial charge in [-0.2, -0.15) is 11.3 Å². The van der Waals surface area contributed by atoms with Gasteiger partial charge in [-0.3, -0.25) is 0 Å². The maximum absolute atomic E-state index is 6.28. The van der Waals surface area contributed by atoms with Gasteiger partial charge in [-0.15, -0.1) is 0 Å². The summed E-state index contributed by atoms with van der Waals surface area (Å²) < 4.78 is 0. The Hall–Kier alpha value is -1.03. The molecule has 0 spiro atoms. The van der Waals surface area contributed by atoms with Gasteiger partial charge in [0.1, 0.15) is 0 Å². The van der Waals surface area contributed by atoms with Gasteiger partial charge in [0, 0.05) is 29.8 Å². The van der Waals surface area contributed by atoms with Gasteiger partial charge in [-0.25, -0.2) is 0 Å². The maximum atomic E-state index is 6.28. The van der Waals surface area contributed by atoms with Crippen LogP contribution in [0.5, 0.6) is 0 Å². The van der Waals surface area contributed by atoms with E-state index in [-0.39, 0.29) is 0 Å². The molecule has 0 bridgehead atoms. The van der Waals surface area contributed by atoms with Gasteiger partial charge in [0.25, 0.3) is 0 Å². The van der Waals surface area contributed by atoms with Gasteiger partial charge >= 0.3 is 0 Å². The summed E-state index contributed by atoms with van der Waals surface area (Å²) in [5.74, 6) is 0. The minimum absolute atomic E-state index is 0.493. The maximum Gasteiger partial charge on any atom is 0.0471 e. The Balaban J connectivity index is 1.85. The Labute approximate surface area is 122 Å². The molecule has 1 aliphatic rings. The fourth-order valence-electron chi connectivity index (χ4n) is 2.28. The summed E-state index contributed by atoms with van der Waals surface area (Å²) in [5.41, 5.74) is 9.25. The molecule has 2 aromatic rings. The van der Waals surface area contributed by atoms with Crippen LogP contribution in [0.25, 0.3) is 0 Å². The summed E-state index contributed by atoms with van der Waals surface area (Å²) in [7, 11) is 0. The van der Waals surface area contributed by atoms with Crippen molar-refractivity contribution >= 4 is 28.6 Å². The van der Waals surface area contributed by atoms with Crippen LogP contribution in [0.3, 0.4) is 0 Å². The molecule has 1 heterocycles. The summed E-state index contributed by atoms with van der Waals surface area (Å²) in [5, 5.41) is 5.12. The molecule has 0 saturated heterocycles. The first-order valence-electron chi connectivity index (χ1n) is 6.54. The van der Waals surface area contributed by atoms with Gasteiger partial charge in [0.05, 0.1) is 0 Å². The SMILES string of the molecule is NCc1ccc(N(Cc2ccsc2)C2CC2)cc1Cl. The number of anilines is 1. The molecular formula is C15H17ClN2S. The van der Waals surface area contributed by atoms with E-state index in [1.165, 1.54) is 24.1 Å². The van der Waals surface area contributed by atoms with E-state index in [2.05, 4.69) is 33.9 Å². The number of nitrogens with two attached hydrogens (primary N) is 1. The van der Waals surface area contributed by atoms with Crippen LogP contribution in [0.2, 0.25) is 5.02 Å². The van der Waals surface area contributed by atoms with Crippen molar-refractivity contribution in [3.63, 3.8) is 0 Å². The van der Waals surface area contributed by atoms with Crippen molar-refractivity contribution in [1.29, 1.82) is 0 Å². The quantitative estimate of drug-likeness (QED) is 0.901. The summed E-state index contributed by atoms with van der Waals surface area (Å²) in [6, 6.07) is 9.09. The van der Waals surface area contributed by atoms with Gasteiger partial charge in [-0.05, 0) is 52.9 Å². The first kappa shape index (κ1) is 13.0. The highest BCUT2D eigenvalue weighted by Gasteiger charge is 2.29. The molecule has 2 nitrogen and oxygen atoms in total. The standard InChI is InChI=1S/C15H17ClN2S/c16-15-7-14(2-1-12(15)8-17)18(13-3-4-13)9-11-5-6-19-10-11/h1-2,5-7,10,13H,3-4,8-9,17H2. The summed E-state index contributed by atoms with van der Waals surface area (Å²) >= 11 is 8.02. The van der Waals surface area contributed by atoms with E-state index < -0.39 is 0 Å². The summed E-state index contributed by atoms with van der Waals surface area (Å²) in [4.78, 5) is 2.45. The number of halogens is 1. The van der Waals surface area contributed by atoms with Crippen molar-refractivity contribution in [1.82, 2.24) is 0 Å². The molecule has 4 heteroatoms. The van der Waals surface area contributed by atoms with Crippen molar-refractivity contribution in [3.8, 4) is 0 Å². The van der Waals surface area contributed by atoms with E-state index in [1.807, 2.05) is 6.07 Å². The van der Waals surface area contributed by atoms with Crippen LogP contribution in [-0.4, -0.2) is 6.04 Å². The summed E-state index contributed by atoms with van der Waals surface area (Å²) in [6.07, 6.45) is 2.56. The lowest BCUT2D eigenvalue weighted by molar-refractivity contribution is 0.796.